The molecule has 2 fully saturated rings. The van der Waals surface area contributed by atoms with Crippen LogP contribution < -0.4 is 10.6 Å². The monoisotopic (exact) mass is 386 g/mol. The predicted octanol–water partition coefficient (Wildman–Crippen LogP) is 2.72. The van der Waals surface area contributed by atoms with Crippen molar-refractivity contribution < 1.29 is 14.4 Å². The summed E-state index contributed by atoms with van der Waals surface area (Å²) in [5, 5.41) is 5.72. The molecule has 1 saturated carbocycles. The molecule has 1 saturated heterocycles. The Bertz CT molecular complexity index is 739. The summed E-state index contributed by atoms with van der Waals surface area (Å²) in [5.74, 6) is -0.378. The fourth-order valence-electron chi connectivity index (χ4n) is 4.09. The van der Waals surface area contributed by atoms with Crippen LogP contribution in [0.3, 0.4) is 0 Å². The van der Waals surface area contributed by atoms with Gasteiger partial charge < -0.3 is 10.6 Å². The summed E-state index contributed by atoms with van der Waals surface area (Å²) in [7, 11) is 0. The number of amides is 4. The van der Waals surface area contributed by atoms with Crippen molar-refractivity contribution in [3.63, 3.8) is 0 Å². The minimum Gasteiger partial charge on any atom is -0.326 e. The van der Waals surface area contributed by atoms with Gasteiger partial charge in [-0.3, -0.25) is 19.4 Å². The van der Waals surface area contributed by atoms with Gasteiger partial charge >= 0.3 is 6.03 Å². The molecule has 0 atom stereocenters. The van der Waals surface area contributed by atoms with Crippen LogP contribution in [0.15, 0.2) is 24.3 Å². The number of carbonyl (C=O) groups excluding carboxylic acids is 3. The Morgan fingerprint density at radius 1 is 1.21 bits per heavy atom. The van der Waals surface area contributed by atoms with E-state index in [1.165, 1.54) is 4.90 Å². The van der Waals surface area contributed by atoms with Crippen LogP contribution in [0.5, 0.6) is 0 Å². The highest BCUT2D eigenvalue weighted by molar-refractivity contribution is 6.07. The molecule has 1 aromatic rings. The Kier molecular flexibility index (Phi) is 6.34. The van der Waals surface area contributed by atoms with Crippen molar-refractivity contribution in [1.82, 2.24) is 15.1 Å². The van der Waals surface area contributed by atoms with Gasteiger partial charge in [0.05, 0.1) is 0 Å². The van der Waals surface area contributed by atoms with Crippen LogP contribution in [0.4, 0.5) is 10.5 Å². The Morgan fingerprint density at radius 3 is 2.61 bits per heavy atom. The maximum Gasteiger partial charge on any atom is 0.325 e. The first kappa shape index (κ1) is 20.3. The van der Waals surface area contributed by atoms with E-state index in [0.29, 0.717) is 12.8 Å². The van der Waals surface area contributed by atoms with Gasteiger partial charge in [0.25, 0.3) is 5.91 Å². The smallest absolute Gasteiger partial charge is 0.325 e. The van der Waals surface area contributed by atoms with E-state index in [9.17, 15) is 14.4 Å². The predicted molar refractivity (Wildman–Crippen MR) is 108 cm³/mol. The Balaban J connectivity index is 1.53. The van der Waals surface area contributed by atoms with Gasteiger partial charge in [-0.2, -0.15) is 0 Å². The molecule has 0 bridgehead atoms. The van der Waals surface area contributed by atoms with Crippen LogP contribution in [0.25, 0.3) is 0 Å². The van der Waals surface area contributed by atoms with Crippen molar-refractivity contribution in [1.29, 1.82) is 0 Å². The molecule has 1 spiro atoms. The van der Waals surface area contributed by atoms with Crippen molar-refractivity contribution in [2.45, 2.75) is 58.0 Å². The number of hydrogen-bond donors (Lipinski definition) is 2. The highest BCUT2D eigenvalue weighted by atomic mass is 16.2. The van der Waals surface area contributed by atoms with Crippen molar-refractivity contribution >= 4 is 23.5 Å². The summed E-state index contributed by atoms with van der Waals surface area (Å²) >= 11 is 0. The molecule has 1 aromatic carbocycles. The van der Waals surface area contributed by atoms with Crippen LogP contribution in [0.2, 0.25) is 0 Å². The second-order valence-corrected chi connectivity index (χ2v) is 7.64. The number of rotatable bonds is 8. The first-order chi connectivity index (χ1) is 13.5. The van der Waals surface area contributed by atoms with Gasteiger partial charge in [-0.1, -0.05) is 38.8 Å². The largest absolute Gasteiger partial charge is 0.326 e. The van der Waals surface area contributed by atoms with E-state index in [1.54, 1.807) is 0 Å². The van der Waals surface area contributed by atoms with Gasteiger partial charge in [0.1, 0.15) is 5.54 Å². The molecule has 7 nitrogen and oxygen atoms in total. The molecule has 2 aliphatic rings. The molecule has 0 unspecified atom stereocenters. The molecule has 2 N–H and O–H groups in total. The van der Waals surface area contributed by atoms with Crippen LogP contribution in [0.1, 0.15) is 51.5 Å². The summed E-state index contributed by atoms with van der Waals surface area (Å²) in [4.78, 5) is 40.6. The number of nitrogens with one attached hydrogen (secondary N) is 2. The normalized spacial score (nSPS) is 18.2. The van der Waals surface area contributed by atoms with Crippen molar-refractivity contribution in [3.8, 4) is 0 Å². The number of urea groups is 1. The molecule has 0 radical (unpaired) electrons. The SMILES string of the molecule is CCN(CC)Cc1cccc(NC(=O)CCN2C(=O)NC3(CCCC3)C2=O)c1. The quantitative estimate of drug-likeness (QED) is 0.673. The van der Waals surface area contributed by atoms with Crippen LogP contribution >= 0.6 is 0 Å². The maximum atomic E-state index is 12.6. The summed E-state index contributed by atoms with van der Waals surface area (Å²) in [6, 6.07) is 7.42. The molecule has 3 rings (SSSR count). The van der Waals surface area contributed by atoms with E-state index < -0.39 is 5.54 Å². The molecular weight excluding hydrogens is 356 g/mol. The number of nitrogens with zero attached hydrogens (tertiary/aromatic N) is 2. The van der Waals surface area contributed by atoms with Gasteiger partial charge in [0, 0.05) is 25.2 Å². The lowest BCUT2D eigenvalue weighted by Crippen LogP contribution is -2.44. The zero-order valence-electron chi connectivity index (χ0n) is 16.8. The number of carbonyl (C=O) groups is 3. The molecule has 0 aromatic heterocycles. The van der Waals surface area contributed by atoms with Gasteiger partial charge in [-0.15, -0.1) is 0 Å². The standard InChI is InChI=1S/C21H30N4O3/c1-3-24(4-2)15-16-8-7-9-17(14-16)22-18(26)10-13-25-19(27)21(23-20(25)28)11-5-6-12-21/h7-9,14H,3-6,10-13,15H2,1-2H3,(H,22,26)(H,23,28). The lowest BCUT2D eigenvalue weighted by atomic mass is 9.98. The minimum atomic E-state index is -0.716. The van der Waals surface area contributed by atoms with E-state index in [0.717, 1.165) is 43.7 Å². The molecule has 1 aliphatic carbocycles. The van der Waals surface area contributed by atoms with Crippen molar-refractivity contribution in [2.24, 2.45) is 0 Å². The topological polar surface area (TPSA) is 81.8 Å². The first-order valence-corrected chi connectivity index (χ1v) is 10.2. The fraction of sp³-hybridized carbons (Fsp3) is 0.571. The molecule has 152 valence electrons. The maximum absolute atomic E-state index is 12.6. The minimum absolute atomic E-state index is 0.0928. The molecule has 1 heterocycles. The Hall–Kier alpha value is -2.41. The summed E-state index contributed by atoms with van der Waals surface area (Å²) < 4.78 is 0. The van der Waals surface area contributed by atoms with Crippen molar-refractivity contribution in [3.05, 3.63) is 29.8 Å². The van der Waals surface area contributed by atoms with E-state index in [4.69, 9.17) is 0 Å². The lowest BCUT2D eigenvalue weighted by molar-refractivity contribution is -0.131. The van der Waals surface area contributed by atoms with Crippen LogP contribution in [-0.4, -0.2) is 52.8 Å². The zero-order chi connectivity index (χ0) is 20.1. The second kappa shape index (κ2) is 8.73. The average molecular weight is 386 g/mol. The number of benzene rings is 1. The lowest BCUT2D eigenvalue weighted by Gasteiger charge is -2.20. The van der Waals surface area contributed by atoms with Gasteiger partial charge in [0.2, 0.25) is 5.91 Å². The van der Waals surface area contributed by atoms with Crippen molar-refractivity contribution in [2.75, 3.05) is 25.0 Å². The molecule has 1 aliphatic heterocycles. The fourth-order valence-corrected chi connectivity index (χ4v) is 4.09. The summed E-state index contributed by atoms with van der Waals surface area (Å²) in [6.45, 7) is 7.14. The molecule has 7 heteroatoms. The number of anilines is 1. The van der Waals surface area contributed by atoms with E-state index in [1.807, 2.05) is 24.3 Å². The van der Waals surface area contributed by atoms with Crippen LogP contribution in [0, 0.1) is 0 Å². The molecular formula is C21H30N4O3. The first-order valence-electron chi connectivity index (χ1n) is 10.2. The number of hydrogen-bond acceptors (Lipinski definition) is 4. The molecule has 28 heavy (non-hydrogen) atoms. The summed E-state index contributed by atoms with van der Waals surface area (Å²) in [5.41, 5.74) is 1.16. The van der Waals surface area contributed by atoms with E-state index in [2.05, 4.69) is 29.4 Å². The number of imide groups is 1. The molecule has 4 amide bonds. The Labute approximate surface area is 166 Å². The highest BCUT2D eigenvalue weighted by Crippen LogP contribution is 2.35. The highest BCUT2D eigenvalue weighted by Gasteiger charge is 2.52. The average Bonchev–Trinajstić information content (AvgIpc) is 3.24. The van der Waals surface area contributed by atoms with E-state index in [-0.39, 0.29) is 30.8 Å². The van der Waals surface area contributed by atoms with Crippen LogP contribution in [-0.2, 0) is 16.1 Å². The Morgan fingerprint density at radius 2 is 1.93 bits per heavy atom. The zero-order valence-corrected chi connectivity index (χ0v) is 16.8. The summed E-state index contributed by atoms with van der Waals surface area (Å²) in [6.07, 6.45) is 3.38. The van der Waals surface area contributed by atoms with Gasteiger partial charge in [-0.05, 0) is 43.6 Å². The van der Waals surface area contributed by atoms with E-state index >= 15 is 0 Å². The second-order valence-electron chi connectivity index (χ2n) is 7.64. The third kappa shape index (κ3) is 4.35. The third-order valence-corrected chi connectivity index (χ3v) is 5.78. The third-order valence-electron chi connectivity index (χ3n) is 5.78. The van der Waals surface area contributed by atoms with Gasteiger partial charge in [-0.25, -0.2) is 4.79 Å². The van der Waals surface area contributed by atoms with Gasteiger partial charge in [0.15, 0.2) is 0 Å².